The van der Waals surface area contributed by atoms with Gasteiger partial charge in [0.05, 0.1) is 6.67 Å². The van der Waals surface area contributed by atoms with Gasteiger partial charge in [-0.05, 0) is 49.1 Å². The van der Waals surface area contributed by atoms with Crippen LogP contribution in [-0.4, -0.2) is 66.0 Å². The van der Waals surface area contributed by atoms with Crippen molar-refractivity contribution in [1.82, 2.24) is 15.1 Å². The van der Waals surface area contributed by atoms with Crippen LogP contribution in [0.3, 0.4) is 0 Å². The zero-order valence-electron chi connectivity index (χ0n) is 19.1. The second-order valence-electron chi connectivity index (χ2n) is 8.80. The molecular formula is C25H30ClN5O3. The summed E-state index contributed by atoms with van der Waals surface area (Å²) in [6.45, 7) is 2.18. The van der Waals surface area contributed by atoms with Gasteiger partial charge in [-0.25, -0.2) is 4.79 Å². The summed E-state index contributed by atoms with van der Waals surface area (Å²) in [5, 5.41) is 3.24. The third kappa shape index (κ3) is 5.12. The van der Waals surface area contributed by atoms with Crippen molar-refractivity contribution >= 4 is 35.1 Å². The van der Waals surface area contributed by atoms with E-state index < -0.39 is 11.6 Å². The van der Waals surface area contributed by atoms with Crippen LogP contribution in [0, 0.1) is 0 Å². The molecule has 1 spiro atoms. The number of anilines is 1. The number of para-hydroxylation sites is 1. The summed E-state index contributed by atoms with van der Waals surface area (Å²) in [7, 11) is 0. The van der Waals surface area contributed by atoms with Crippen molar-refractivity contribution < 1.29 is 14.4 Å². The lowest BCUT2D eigenvalue weighted by Gasteiger charge is -2.43. The summed E-state index contributed by atoms with van der Waals surface area (Å²) in [4.78, 5) is 43.3. The Morgan fingerprint density at radius 2 is 1.71 bits per heavy atom. The number of halogens is 1. The molecule has 3 N–H and O–H groups in total. The van der Waals surface area contributed by atoms with Gasteiger partial charge < -0.3 is 25.8 Å². The average molecular weight is 484 g/mol. The van der Waals surface area contributed by atoms with Gasteiger partial charge >= 0.3 is 6.03 Å². The molecule has 4 amide bonds. The summed E-state index contributed by atoms with van der Waals surface area (Å²) >= 11 is 5.94. The molecule has 0 atom stereocenters. The fourth-order valence-corrected chi connectivity index (χ4v) is 5.00. The van der Waals surface area contributed by atoms with Crippen LogP contribution in [0.15, 0.2) is 54.6 Å². The van der Waals surface area contributed by atoms with Crippen molar-refractivity contribution in [2.75, 3.05) is 37.7 Å². The smallest absolute Gasteiger partial charge is 0.312 e. The number of benzene rings is 2. The van der Waals surface area contributed by atoms with Gasteiger partial charge in [0, 0.05) is 43.3 Å². The van der Waals surface area contributed by atoms with E-state index in [9.17, 15) is 14.4 Å². The van der Waals surface area contributed by atoms with Crippen LogP contribution < -0.4 is 16.0 Å². The Hall–Kier alpha value is -3.26. The third-order valence-corrected chi connectivity index (χ3v) is 7.00. The Labute approximate surface area is 204 Å². The lowest BCUT2D eigenvalue weighted by molar-refractivity contribution is -0.138. The first kappa shape index (κ1) is 23.9. The number of nitrogens with zero attached hydrogens (tertiary/aromatic N) is 3. The van der Waals surface area contributed by atoms with Gasteiger partial charge in [0.15, 0.2) is 0 Å². The quantitative estimate of drug-likeness (QED) is 0.632. The van der Waals surface area contributed by atoms with Crippen LogP contribution >= 0.6 is 11.6 Å². The number of hydrogen-bond donors (Lipinski definition) is 2. The van der Waals surface area contributed by atoms with E-state index in [1.54, 1.807) is 4.90 Å². The number of carbonyl (C=O) groups is 3. The molecule has 2 aliphatic heterocycles. The minimum Gasteiger partial charge on any atom is -0.352 e. The SMILES string of the molecule is NC(=O)NCCN1CN(c2ccccc2)C2(CCN(C(=O)CCc3ccc(Cl)cc3)CC2)C1=O. The van der Waals surface area contributed by atoms with Crippen LogP contribution in [0.5, 0.6) is 0 Å². The first-order chi connectivity index (χ1) is 16.4. The molecule has 2 aliphatic rings. The number of nitrogens with one attached hydrogen (secondary N) is 1. The van der Waals surface area contributed by atoms with Crippen molar-refractivity contribution in [2.45, 2.75) is 31.2 Å². The normalized spacial score (nSPS) is 17.3. The molecular weight excluding hydrogens is 454 g/mol. The average Bonchev–Trinajstić information content (AvgIpc) is 3.10. The molecule has 4 rings (SSSR count). The molecule has 0 aliphatic carbocycles. The van der Waals surface area contributed by atoms with E-state index in [-0.39, 0.29) is 11.8 Å². The fraction of sp³-hybridized carbons (Fsp3) is 0.400. The number of piperidine rings is 1. The highest BCUT2D eigenvalue weighted by Crippen LogP contribution is 2.39. The maximum absolute atomic E-state index is 13.6. The van der Waals surface area contributed by atoms with Gasteiger partial charge in [-0.3, -0.25) is 9.59 Å². The molecule has 0 saturated carbocycles. The molecule has 2 aromatic rings. The molecule has 0 radical (unpaired) electrons. The molecule has 2 heterocycles. The maximum Gasteiger partial charge on any atom is 0.312 e. The zero-order chi connectivity index (χ0) is 24.1. The van der Waals surface area contributed by atoms with E-state index in [2.05, 4.69) is 10.2 Å². The monoisotopic (exact) mass is 483 g/mol. The molecule has 2 fully saturated rings. The molecule has 8 nitrogen and oxygen atoms in total. The highest BCUT2D eigenvalue weighted by molar-refractivity contribution is 6.30. The number of likely N-dealkylation sites (tertiary alicyclic amines) is 1. The van der Waals surface area contributed by atoms with Crippen molar-refractivity contribution in [3.8, 4) is 0 Å². The fourth-order valence-electron chi connectivity index (χ4n) is 4.87. The number of primary amides is 1. The highest BCUT2D eigenvalue weighted by Gasteiger charge is 2.53. The van der Waals surface area contributed by atoms with Gasteiger partial charge in [0.25, 0.3) is 0 Å². The summed E-state index contributed by atoms with van der Waals surface area (Å²) in [5.74, 6) is 0.139. The van der Waals surface area contributed by atoms with Crippen LogP contribution in [0.1, 0.15) is 24.8 Å². The largest absolute Gasteiger partial charge is 0.352 e. The molecule has 34 heavy (non-hydrogen) atoms. The van der Waals surface area contributed by atoms with Gasteiger partial charge in [0.2, 0.25) is 11.8 Å². The third-order valence-electron chi connectivity index (χ3n) is 6.75. The Morgan fingerprint density at radius 1 is 1.03 bits per heavy atom. The molecule has 0 unspecified atom stereocenters. The summed E-state index contributed by atoms with van der Waals surface area (Å²) in [5.41, 5.74) is 6.53. The van der Waals surface area contributed by atoms with E-state index in [4.69, 9.17) is 17.3 Å². The molecule has 2 aromatic carbocycles. The lowest BCUT2D eigenvalue weighted by atomic mass is 9.85. The number of aryl methyl sites for hydroxylation is 1. The molecule has 2 saturated heterocycles. The van der Waals surface area contributed by atoms with Crippen LogP contribution in [-0.2, 0) is 16.0 Å². The van der Waals surface area contributed by atoms with Gasteiger partial charge in [-0.1, -0.05) is 41.9 Å². The number of urea groups is 1. The van der Waals surface area contributed by atoms with Gasteiger partial charge in [-0.2, -0.15) is 0 Å². The number of hydrogen-bond acceptors (Lipinski definition) is 4. The first-order valence-corrected chi connectivity index (χ1v) is 11.9. The predicted molar refractivity (Wildman–Crippen MR) is 131 cm³/mol. The van der Waals surface area contributed by atoms with Crippen molar-refractivity contribution in [1.29, 1.82) is 0 Å². The second-order valence-corrected chi connectivity index (χ2v) is 9.24. The number of carbonyl (C=O) groups excluding carboxylic acids is 3. The summed E-state index contributed by atoms with van der Waals surface area (Å²) < 4.78 is 0. The Bertz CT molecular complexity index is 1020. The maximum atomic E-state index is 13.6. The Balaban J connectivity index is 1.42. The number of rotatable bonds is 7. The lowest BCUT2D eigenvalue weighted by Crippen LogP contribution is -2.57. The van der Waals surface area contributed by atoms with Gasteiger partial charge in [-0.15, -0.1) is 0 Å². The molecule has 0 aromatic heterocycles. The first-order valence-electron chi connectivity index (χ1n) is 11.6. The molecule has 9 heteroatoms. The highest BCUT2D eigenvalue weighted by atomic mass is 35.5. The minimum atomic E-state index is -0.693. The Morgan fingerprint density at radius 3 is 2.35 bits per heavy atom. The van der Waals surface area contributed by atoms with Crippen LogP contribution in [0.2, 0.25) is 5.02 Å². The molecule has 180 valence electrons. The van der Waals surface area contributed by atoms with E-state index in [1.165, 1.54) is 0 Å². The van der Waals surface area contributed by atoms with Crippen LogP contribution in [0.4, 0.5) is 10.5 Å². The minimum absolute atomic E-state index is 0.0379. The zero-order valence-corrected chi connectivity index (χ0v) is 19.8. The van der Waals surface area contributed by atoms with Gasteiger partial charge in [0.1, 0.15) is 5.54 Å². The van der Waals surface area contributed by atoms with Crippen molar-refractivity contribution in [2.24, 2.45) is 5.73 Å². The van der Waals surface area contributed by atoms with E-state index in [1.807, 2.05) is 59.5 Å². The van der Waals surface area contributed by atoms with Crippen molar-refractivity contribution in [3.05, 3.63) is 65.2 Å². The Kier molecular flexibility index (Phi) is 7.26. The molecule has 0 bridgehead atoms. The van der Waals surface area contributed by atoms with E-state index >= 15 is 0 Å². The second kappa shape index (κ2) is 10.3. The topological polar surface area (TPSA) is 99.0 Å². The summed E-state index contributed by atoms with van der Waals surface area (Å²) in [6, 6.07) is 16.8. The van der Waals surface area contributed by atoms with Crippen molar-refractivity contribution in [3.63, 3.8) is 0 Å². The standard InChI is InChI=1S/C25H30ClN5O3/c26-20-9-6-19(7-10-20)8-11-22(32)29-15-12-25(13-16-29)23(33)30(17-14-28-24(27)34)18-31(25)21-4-2-1-3-5-21/h1-7,9-10H,8,11-18H2,(H3,27,28,34). The summed E-state index contributed by atoms with van der Waals surface area (Å²) in [6.07, 6.45) is 2.21. The number of amides is 4. The van der Waals surface area contributed by atoms with E-state index in [0.29, 0.717) is 63.6 Å². The van der Waals surface area contributed by atoms with Crippen LogP contribution in [0.25, 0.3) is 0 Å². The number of nitrogens with two attached hydrogens (primary N) is 1. The van der Waals surface area contributed by atoms with E-state index in [0.717, 1.165) is 11.3 Å². The predicted octanol–water partition coefficient (Wildman–Crippen LogP) is 2.61.